The largest absolute Gasteiger partial charge is 0.369 e. The van der Waals surface area contributed by atoms with Crippen molar-refractivity contribution in [3.63, 3.8) is 0 Å². The van der Waals surface area contributed by atoms with E-state index < -0.39 is 0 Å². The number of carbonyl (C=O) groups is 1. The van der Waals surface area contributed by atoms with Gasteiger partial charge >= 0.3 is 0 Å². The fraction of sp³-hybridized carbons (Fsp3) is 0.667. The van der Waals surface area contributed by atoms with Crippen LogP contribution in [0.1, 0.15) is 56.9 Å². The molecule has 164 valence electrons. The van der Waals surface area contributed by atoms with Crippen molar-refractivity contribution in [1.82, 2.24) is 10.2 Å². The maximum atomic E-state index is 11.9. The Bertz CT molecular complexity index is 731. The molecule has 1 aliphatic heterocycles. The zero-order valence-electron chi connectivity index (χ0n) is 18.2. The number of piperazine rings is 1. The van der Waals surface area contributed by atoms with Crippen LogP contribution in [0.15, 0.2) is 18.2 Å². The highest BCUT2D eigenvalue weighted by Crippen LogP contribution is 2.28. The number of nitriles is 1. The molecule has 0 atom stereocenters. The topological polar surface area (TPSA) is 59.4 Å². The molecule has 1 heterocycles. The Balaban J connectivity index is 1.30. The maximum absolute atomic E-state index is 11.9. The summed E-state index contributed by atoms with van der Waals surface area (Å²) in [5.41, 5.74) is 2.37. The highest BCUT2D eigenvalue weighted by atomic mass is 35.5. The Kier molecular flexibility index (Phi) is 8.84. The molecule has 2 aliphatic rings. The Morgan fingerprint density at radius 1 is 1.20 bits per heavy atom. The van der Waals surface area contributed by atoms with Crippen LogP contribution in [0, 0.1) is 24.2 Å². The number of hydrogen-bond donors (Lipinski definition) is 1. The molecule has 1 aromatic carbocycles. The summed E-state index contributed by atoms with van der Waals surface area (Å²) < 4.78 is 0. The normalized spacial score (nSPS) is 22.5. The minimum Gasteiger partial charge on any atom is -0.369 e. The Morgan fingerprint density at radius 2 is 1.93 bits per heavy atom. The fourth-order valence-corrected chi connectivity index (χ4v) is 4.77. The van der Waals surface area contributed by atoms with Crippen LogP contribution in [-0.4, -0.2) is 49.6 Å². The summed E-state index contributed by atoms with van der Waals surface area (Å²) in [6.45, 7) is 7.56. The third-order valence-electron chi connectivity index (χ3n) is 6.65. The molecular formula is C24H35ClN4O. The van der Waals surface area contributed by atoms with Gasteiger partial charge in [0.2, 0.25) is 5.91 Å². The van der Waals surface area contributed by atoms with Crippen molar-refractivity contribution in [3.8, 4) is 6.07 Å². The number of aryl methyl sites for hydroxylation is 1. The van der Waals surface area contributed by atoms with Gasteiger partial charge in [0.05, 0.1) is 6.07 Å². The average Bonchev–Trinajstić information content (AvgIpc) is 2.76. The van der Waals surface area contributed by atoms with E-state index in [1.807, 2.05) is 6.92 Å². The van der Waals surface area contributed by atoms with E-state index in [1.54, 1.807) is 0 Å². The van der Waals surface area contributed by atoms with Crippen molar-refractivity contribution in [2.75, 3.05) is 37.6 Å². The van der Waals surface area contributed by atoms with Gasteiger partial charge in [-0.1, -0.05) is 17.7 Å². The van der Waals surface area contributed by atoms with Gasteiger partial charge in [0.15, 0.2) is 0 Å². The first-order valence-corrected chi connectivity index (χ1v) is 11.8. The van der Waals surface area contributed by atoms with Crippen LogP contribution >= 0.6 is 11.6 Å². The molecule has 30 heavy (non-hydrogen) atoms. The monoisotopic (exact) mass is 430 g/mol. The van der Waals surface area contributed by atoms with Crippen molar-refractivity contribution < 1.29 is 4.79 Å². The molecule has 0 spiro atoms. The number of carbonyl (C=O) groups excluding carboxylic acids is 1. The molecule has 2 fully saturated rings. The number of benzene rings is 1. The van der Waals surface area contributed by atoms with Gasteiger partial charge < -0.3 is 10.2 Å². The van der Waals surface area contributed by atoms with Crippen molar-refractivity contribution in [2.45, 2.75) is 64.3 Å². The Morgan fingerprint density at radius 3 is 2.60 bits per heavy atom. The van der Waals surface area contributed by atoms with Crippen LogP contribution in [0.2, 0.25) is 5.02 Å². The van der Waals surface area contributed by atoms with Crippen molar-refractivity contribution >= 4 is 23.2 Å². The quantitative estimate of drug-likeness (QED) is 0.615. The molecule has 3 rings (SSSR count). The lowest BCUT2D eigenvalue weighted by molar-refractivity contribution is -0.122. The second-order valence-electron chi connectivity index (χ2n) is 8.85. The smallest absolute Gasteiger partial charge is 0.220 e. The van der Waals surface area contributed by atoms with E-state index in [4.69, 9.17) is 16.9 Å². The summed E-state index contributed by atoms with van der Waals surface area (Å²) in [6.07, 6.45) is 7.49. The molecule has 1 saturated carbocycles. The second kappa shape index (κ2) is 11.6. The number of unbranched alkanes of at least 4 members (excludes halogenated alkanes) is 1. The average molecular weight is 431 g/mol. The van der Waals surface area contributed by atoms with Crippen molar-refractivity contribution in [2.24, 2.45) is 5.92 Å². The second-order valence-corrected chi connectivity index (χ2v) is 9.25. The number of hydrogen-bond acceptors (Lipinski definition) is 4. The van der Waals surface area contributed by atoms with Gasteiger partial charge in [-0.3, -0.25) is 9.69 Å². The number of anilines is 1. The van der Waals surface area contributed by atoms with Crippen LogP contribution in [-0.2, 0) is 4.79 Å². The van der Waals surface area contributed by atoms with Gasteiger partial charge in [-0.25, -0.2) is 0 Å². The predicted octanol–water partition coefficient (Wildman–Crippen LogP) is 4.53. The number of rotatable bonds is 8. The van der Waals surface area contributed by atoms with Gasteiger partial charge in [0, 0.05) is 55.8 Å². The molecule has 5 nitrogen and oxygen atoms in total. The standard InChI is InChI=1S/C24H35ClN4O/c1-19-5-10-22(18-23(19)25)29-16-14-28(15-17-29)13-11-20-6-8-21(9-7-20)27-24(30)4-2-3-12-26/h5,10,18,20-21H,2-4,6-9,11,13-17H2,1H3,(H,27,30)/t20-,21-. The minimum atomic E-state index is 0.112. The number of nitrogens with zero attached hydrogens (tertiary/aromatic N) is 3. The van der Waals surface area contributed by atoms with Crippen LogP contribution in [0.4, 0.5) is 5.69 Å². The molecule has 0 bridgehead atoms. The molecule has 1 amide bonds. The van der Waals surface area contributed by atoms with Gasteiger partial charge in [-0.15, -0.1) is 0 Å². The summed E-state index contributed by atoms with van der Waals surface area (Å²) >= 11 is 6.29. The molecule has 0 unspecified atom stereocenters. The summed E-state index contributed by atoms with van der Waals surface area (Å²) in [6, 6.07) is 8.81. The van der Waals surface area contributed by atoms with Gasteiger partial charge in [0.1, 0.15) is 0 Å². The van der Waals surface area contributed by atoms with E-state index in [0.717, 1.165) is 55.5 Å². The van der Waals surface area contributed by atoms with E-state index in [9.17, 15) is 4.79 Å². The van der Waals surface area contributed by atoms with Gasteiger partial charge in [-0.2, -0.15) is 5.26 Å². The Labute approximate surface area is 186 Å². The Hall–Kier alpha value is -1.77. The van der Waals surface area contributed by atoms with E-state index in [-0.39, 0.29) is 5.91 Å². The van der Waals surface area contributed by atoms with Gasteiger partial charge in [0.25, 0.3) is 0 Å². The molecule has 6 heteroatoms. The third-order valence-corrected chi connectivity index (χ3v) is 7.06. The molecule has 1 aliphatic carbocycles. The molecule has 0 aromatic heterocycles. The van der Waals surface area contributed by atoms with E-state index in [1.165, 1.54) is 31.5 Å². The lowest BCUT2D eigenvalue weighted by Gasteiger charge is -2.37. The number of amides is 1. The first kappa shape index (κ1) is 22.9. The highest BCUT2D eigenvalue weighted by Gasteiger charge is 2.24. The van der Waals surface area contributed by atoms with E-state index in [0.29, 0.717) is 25.3 Å². The summed E-state index contributed by atoms with van der Waals surface area (Å²) in [7, 11) is 0. The summed E-state index contributed by atoms with van der Waals surface area (Å²) in [4.78, 5) is 17.0. The fourth-order valence-electron chi connectivity index (χ4n) is 4.60. The molecule has 0 radical (unpaired) electrons. The zero-order valence-corrected chi connectivity index (χ0v) is 19.0. The van der Waals surface area contributed by atoms with Crippen molar-refractivity contribution in [1.29, 1.82) is 5.26 Å². The third kappa shape index (κ3) is 6.89. The number of halogens is 1. The molecule has 1 aromatic rings. The van der Waals surface area contributed by atoms with Crippen LogP contribution in [0.3, 0.4) is 0 Å². The van der Waals surface area contributed by atoms with E-state index in [2.05, 4.69) is 39.4 Å². The maximum Gasteiger partial charge on any atom is 0.220 e. The van der Waals surface area contributed by atoms with E-state index >= 15 is 0 Å². The van der Waals surface area contributed by atoms with Crippen LogP contribution in [0.5, 0.6) is 0 Å². The lowest BCUT2D eigenvalue weighted by Crippen LogP contribution is -2.47. The summed E-state index contributed by atoms with van der Waals surface area (Å²) in [5, 5.41) is 12.6. The van der Waals surface area contributed by atoms with Gasteiger partial charge in [-0.05, 0) is 75.6 Å². The van der Waals surface area contributed by atoms with Crippen LogP contribution < -0.4 is 10.2 Å². The van der Waals surface area contributed by atoms with Crippen molar-refractivity contribution in [3.05, 3.63) is 28.8 Å². The zero-order chi connectivity index (χ0) is 21.3. The highest BCUT2D eigenvalue weighted by molar-refractivity contribution is 6.31. The predicted molar refractivity (Wildman–Crippen MR) is 123 cm³/mol. The first-order valence-electron chi connectivity index (χ1n) is 11.4. The molecular weight excluding hydrogens is 396 g/mol. The van der Waals surface area contributed by atoms with Crippen LogP contribution in [0.25, 0.3) is 0 Å². The number of nitrogens with one attached hydrogen (secondary N) is 1. The summed E-state index contributed by atoms with van der Waals surface area (Å²) in [5.74, 6) is 0.895. The SMILES string of the molecule is Cc1ccc(N2CCN(CC[C@H]3CC[C@H](NC(=O)CCCC#N)CC3)CC2)cc1Cl. The minimum absolute atomic E-state index is 0.112. The lowest BCUT2D eigenvalue weighted by atomic mass is 9.84. The molecule has 1 N–H and O–H groups in total. The first-order chi connectivity index (χ1) is 14.5. The molecule has 1 saturated heterocycles.